The number of piperidine rings is 1. The molecule has 98 valence electrons. The molecule has 0 aromatic carbocycles. The van der Waals surface area contributed by atoms with Crippen molar-refractivity contribution in [2.75, 3.05) is 13.1 Å². The molecular weight excluding hydrogens is 210 g/mol. The highest BCUT2D eigenvalue weighted by Crippen LogP contribution is 2.47. The molecule has 0 radical (unpaired) electrons. The number of rotatable bonds is 2. The molecule has 0 N–H and O–H groups in total. The molecule has 1 amide bonds. The number of hydrogen-bond acceptors (Lipinski definition) is 1. The van der Waals surface area contributed by atoms with E-state index in [1.807, 2.05) is 4.90 Å². The summed E-state index contributed by atoms with van der Waals surface area (Å²) < 4.78 is 0. The van der Waals surface area contributed by atoms with Gasteiger partial charge in [-0.1, -0.05) is 19.8 Å². The highest BCUT2D eigenvalue weighted by atomic mass is 16.2. The zero-order valence-corrected chi connectivity index (χ0v) is 11.5. The van der Waals surface area contributed by atoms with E-state index in [-0.39, 0.29) is 5.91 Å². The predicted molar refractivity (Wildman–Crippen MR) is 70.8 cm³/mol. The van der Waals surface area contributed by atoms with E-state index in [1.165, 1.54) is 51.4 Å². The molecule has 1 aliphatic heterocycles. The number of nitrogens with zero attached hydrogens (tertiary/aromatic N) is 1. The van der Waals surface area contributed by atoms with Gasteiger partial charge in [0.05, 0.1) is 0 Å². The van der Waals surface area contributed by atoms with Crippen LogP contribution >= 0.6 is 0 Å². The molecular formula is C15H27NO. The summed E-state index contributed by atoms with van der Waals surface area (Å²) in [7, 11) is 0. The number of amides is 1. The topological polar surface area (TPSA) is 20.3 Å². The van der Waals surface area contributed by atoms with Gasteiger partial charge in [-0.05, 0) is 49.9 Å². The van der Waals surface area contributed by atoms with E-state index in [9.17, 15) is 4.79 Å². The van der Waals surface area contributed by atoms with Crippen LogP contribution in [0.15, 0.2) is 0 Å². The standard InChI is InChI=1S/C15H27NO/c1-3-4-14-5-7-15(8-6-14)9-11-16(12-10-15)13(2)17/h14H,3-12H2,1-2H3. The smallest absolute Gasteiger partial charge is 0.219 e. The summed E-state index contributed by atoms with van der Waals surface area (Å²) in [5, 5.41) is 0. The van der Waals surface area contributed by atoms with Crippen LogP contribution in [-0.4, -0.2) is 23.9 Å². The Balaban J connectivity index is 1.82. The Morgan fingerprint density at radius 2 is 1.76 bits per heavy atom. The van der Waals surface area contributed by atoms with Gasteiger partial charge in [-0.25, -0.2) is 0 Å². The monoisotopic (exact) mass is 237 g/mol. The minimum atomic E-state index is 0.263. The van der Waals surface area contributed by atoms with Crippen LogP contribution in [0, 0.1) is 11.3 Å². The maximum atomic E-state index is 11.3. The Hall–Kier alpha value is -0.530. The van der Waals surface area contributed by atoms with E-state index in [0.717, 1.165) is 19.0 Å². The fourth-order valence-electron chi connectivity index (χ4n) is 3.78. The predicted octanol–water partition coefficient (Wildman–Crippen LogP) is 3.61. The first-order chi connectivity index (χ1) is 8.15. The molecule has 17 heavy (non-hydrogen) atoms. The lowest BCUT2D eigenvalue weighted by Crippen LogP contribution is -2.43. The summed E-state index contributed by atoms with van der Waals surface area (Å²) in [6, 6.07) is 0. The quantitative estimate of drug-likeness (QED) is 0.718. The molecule has 0 unspecified atom stereocenters. The average molecular weight is 237 g/mol. The van der Waals surface area contributed by atoms with Crippen molar-refractivity contribution < 1.29 is 4.79 Å². The first-order valence-electron chi connectivity index (χ1n) is 7.41. The second-order valence-electron chi connectivity index (χ2n) is 6.24. The van der Waals surface area contributed by atoms with Crippen LogP contribution in [0.25, 0.3) is 0 Å². The molecule has 2 aliphatic rings. The zero-order valence-electron chi connectivity index (χ0n) is 11.5. The van der Waals surface area contributed by atoms with Gasteiger partial charge in [-0.3, -0.25) is 4.79 Å². The van der Waals surface area contributed by atoms with Gasteiger partial charge in [0.15, 0.2) is 0 Å². The Bertz CT molecular complexity index is 256. The molecule has 1 saturated heterocycles. The Morgan fingerprint density at radius 3 is 2.24 bits per heavy atom. The van der Waals surface area contributed by atoms with Gasteiger partial charge in [0.2, 0.25) is 5.91 Å². The van der Waals surface area contributed by atoms with E-state index in [2.05, 4.69) is 6.92 Å². The molecule has 0 aromatic heterocycles. The van der Waals surface area contributed by atoms with E-state index in [0.29, 0.717) is 5.41 Å². The van der Waals surface area contributed by atoms with Crippen molar-refractivity contribution in [3.63, 3.8) is 0 Å². The lowest BCUT2D eigenvalue weighted by Gasteiger charge is -2.46. The van der Waals surface area contributed by atoms with Crippen molar-refractivity contribution in [3.05, 3.63) is 0 Å². The number of hydrogen-bond donors (Lipinski definition) is 0. The Kier molecular flexibility index (Phi) is 4.11. The molecule has 1 spiro atoms. The molecule has 1 aliphatic carbocycles. The van der Waals surface area contributed by atoms with E-state index >= 15 is 0 Å². The summed E-state index contributed by atoms with van der Waals surface area (Å²) in [5.41, 5.74) is 0.607. The Morgan fingerprint density at radius 1 is 1.18 bits per heavy atom. The Labute approximate surface area is 106 Å². The highest BCUT2D eigenvalue weighted by molar-refractivity contribution is 5.73. The fraction of sp³-hybridized carbons (Fsp3) is 0.933. The molecule has 2 rings (SSSR count). The van der Waals surface area contributed by atoms with Gasteiger partial charge < -0.3 is 4.90 Å². The first-order valence-corrected chi connectivity index (χ1v) is 7.41. The third-order valence-electron chi connectivity index (χ3n) is 5.13. The molecule has 1 saturated carbocycles. The molecule has 0 aromatic rings. The number of carbonyl (C=O) groups is 1. The molecule has 2 heteroatoms. The van der Waals surface area contributed by atoms with Gasteiger partial charge in [-0.2, -0.15) is 0 Å². The second-order valence-corrected chi connectivity index (χ2v) is 6.24. The summed E-state index contributed by atoms with van der Waals surface area (Å²) in [6.07, 6.45) is 11.0. The number of carbonyl (C=O) groups excluding carboxylic acids is 1. The maximum absolute atomic E-state index is 11.3. The second kappa shape index (κ2) is 5.41. The van der Waals surface area contributed by atoms with Gasteiger partial charge in [0.1, 0.15) is 0 Å². The SMILES string of the molecule is CCCC1CCC2(CC1)CCN(C(C)=O)CC2. The van der Waals surface area contributed by atoms with Crippen molar-refractivity contribution >= 4 is 5.91 Å². The normalized spacial score (nSPS) is 25.2. The summed E-state index contributed by atoms with van der Waals surface area (Å²) in [5.74, 6) is 1.26. The largest absolute Gasteiger partial charge is 0.343 e. The maximum Gasteiger partial charge on any atom is 0.219 e. The number of likely N-dealkylation sites (tertiary alicyclic amines) is 1. The lowest BCUT2D eigenvalue weighted by atomic mass is 9.65. The van der Waals surface area contributed by atoms with Crippen molar-refractivity contribution in [1.29, 1.82) is 0 Å². The molecule has 0 bridgehead atoms. The van der Waals surface area contributed by atoms with Crippen molar-refractivity contribution in [1.82, 2.24) is 4.90 Å². The molecule has 1 heterocycles. The van der Waals surface area contributed by atoms with Gasteiger partial charge in [-0.15, -0.1) is 0 Å². The van der Waals surface area contributed by atoms with E-state index < -0.39 is 0 Å². The zero-order chi connectivity index (χ0) is 12.3. The third-order valence-corrected chi connectivity index (χ3v) is 5.13. The summed E-state index contributed by atoms with van der Waals surface area (Å²) >= 11 is 0. The van der Waals surface area contributed by atoms with E-state index in [4.69, 9.17) is 0 Å². The van der Waals surface area contributed by atoms with Gasteiger partial charge in [0.25, 0.3) is 0 Å². The van der Waals surface area contributed by atoms with E-state index in [1.54, 1.807) is 6.92 Å². The van der Waals surface area contributed by atoms with Crippen LogP contribution in [0.1, 0.15) is 65.2 Å². The summed E-state index contributed by atoms with van der Waals surface area (Å²) in [6.45, 7) is 6.02. The van der Waals surface area contributed by atoms with Crippen molar-refractivity contribution in [2.24, 2.45) is 11.3 Å². The van der Waals surface area contributed by atoms with Crippen LogP contribution in [0.5, 0.6) is 0 Å². The highest BCUT2D eigenvalue weighted by Gasteiger charge is 2.38. The van der Waals surface area contributed by atoms with Crippen LogP contribution in [-0.2, 0) is 4.79 Å². The van der Waals surface area contributed by atoms with Crippen LogP contribution in [0.4, 0.5) is 0 Å². The van der Waals surface area contributed by atoms with Crippen molar-refractivity contribution in [2.45, 2.75) is 65.2 Å². The molecule has 2 nitrogen and oxygen atoms in total. The lowest BCUT2D eigenvalue weighted by molar-refractivity contribution is -0.131. The van der Waals surface area contributed by atoms with Crippen molar-refractivity contribution in [3.8, 4) is 0 Å². The van der Waals surface area contributed by atoms with Crippen LogP contribution in [0.3, 0.4) is 0 Å². The fourth-order valence-corrected chi connectivity index (χ4v) is 3.78. The molecule has 2 fully saturated rings. The minimum absolute atomic E-state index is 0.263. The minimum Gasteiger partial charge on any atom is -0.343 e. The van der Waals surface area contributed by atoms with Gasteiger partial charge >= 0.3 is 0 Å². The first kappa shape index (κ1) is 12.9. The average Bonchev–Trinajstić information content (AvgIpc) is 2.33. The summed E-state index contributed by atoms with van der Waals surface area (Å²) in [4.78, 5) is 13.4. The molecule has 0 atom stereocenters. The van der Waals surface area contributed by atoms with Crippen LogP contribution in [0.2, 0.25) is 0 Å². The van der Waals surface area contributed by atoms with Gasteiger partial charge in [0, 0.05) is 20.0 Å². The third kappa shape index (κ3) is 3.02. The van der Waals surface area contributed by atoms with Crippen LogP contribution < -0.4 is 0 Å².